The summed E-state index contributed by atoms with van der Waals surface area (Å²) in [5, 5.41) is 12.5. The van der Waals surface area contributed by atoms with Crippen molar-refractivity contribution in [1.29, 1.82) is 0 Å². The number of alkyl carbamates (subject to hydrolysis) is 1. The van der Waals surface area contributed by atoms with Gasteiger partial charge in [0, 0.05) is 0 Å². The predicted octanol–water partition coefficient (Wildman–Crippen LogP) is 2.89. The maximum atomic E-state index is 11.7. The van der Waals surface area contributed by atoms with E-state index in [4.69, 9.17) is 4.74 Å². The number of benzene rings is 1. The van der Waals surface area contributed by atoms with Gasteiger partial charge in [-0.3, -0.25) is 0 Å². The fourth-order valence-electron chi connectivity index (χ4n) is 1.86. The summed E-state index contributed by atoms with van der Waals surface area (Å²) >= 11 is 0. The molecular weight excluding hydrogens is 254 g/mol. The third-order valence-electron chi connectivity index (χ3n) is 2.87. The number of hydrogen-bond acceptors (Lipinski definition) is 3. The molecule has 0 aliphatic rings. The average Bonchev–Trinajstić information content (AvgIpc) is 2.33. The maximum Gasteiger partial charge on any atom is 0.407 e. The number of aliphatic hydroxyl groups is 1. The van der Waals surface area contributed by atoms with Crippen molar-refractivity contribution in [3.05, 3.63) is 35.9 Å². The molecule has 0 aliphatic carbocycles. The van der Waals surface area contributed by atoms with Crippen molar-refractivity contribution in [1.82, 2.24) is 5.32 Å². The van der Waals surface area contributed by atoms with Crippen LogP contribution in [-0.4, -0.2) is 28.9 Å². The molecule has 0 bridgehead atoms. The number of hydrogen-bond donors (Lipinski definition) is 2. The molecule has 0 aliphatic heterocycles. The summed E-state index contributed by atoms with van der Waals surface area (Å²) in [6.07, 6.45) is 0.357. The number of carbonyl (C=O) groups is 1. The first-order chi connectivity index (χ1) is 9.28. The van der Waals surface area contributed by atoms with Crippen molar-refractivity contribution in [3.8, 4) is 0 Å². The van der Waals surface area contributed by atoms with Crippen molar-refractivity contribution in [2.24, 2.45) is 0 Å². The van der Waals surface area contributed by atoms with Crippen LogP contribution in [0.3, 0.4) is 0 Å². The van der Waals surface area contributed by atoms with Crippen LogP contribution in [0.25, 0.3) is 0 Å². The van der Waals surface area contributed by atoms with E-state index < -0.39 is 17.8 Å². The topological polar surface area (TPSA) is 58.6 Å². The second kappa shape index (κ2) is 7.29. The Morgan fingerprint density at radius 3 is 2.40 bits per heavy atom. The Hall–Kier alpha value is -1.55. The van der Waals surface area contributed by atoms with E-state index in [1.54, 1.807) is 6.92 Å². The van der Waals surface area contributed by atoms with Crippen molar-refractivity contribution in [2.75, 3.05) is 0 Å². The zero-order chi connectivity index (χ0) is 15.2. The SMILES string of the molecule is CC(O)[C@H](CCc1ccccc1)NC(=O)OC(C)(C)C. The zero-order valence-corrected chi connectivity index (χ0v) is 12.7. The quantitative estimate of drug-likeness (QED) is 0.871. The summed E-state index contributed by atoms with van der Waals surface area (Å²) in [5.74, 6) is 0. The van der Waals surface area contributed by atoms with Gasteiger partial charge in [-0.05, 0) is 46.1 Å². The number of carbonyl (C=O) groups excluding carboxylic acids is 1. The van der Waals surface area contributed by atoms with Gasteiger partial charge in [-0.25, -0.2) is 4.79 Å². The Morgan fingerprint density at radius 1 is 1.30 bits per heavy atom. The fraction of sp³-hybridized carbons (Fsp3) is 0.562. The smallest absolute Gasteiger partial charge is 0.407 e. The standard InChI is InChI=1S/C16H25NO3/c1-12(18)14(17-15(19)20-16(2,3)4)11-10-13-8-6-5-7-9-13/h5-9,12,14,18H,10-11H2,1-4H3,(H,17,19)/t12?,14-/m0/s1. The Morgan fingerprint density at radius 2 is 1.90 bits per heavy atom. The van der Waals surface area contributed by atoms with Gasteiger partial charge in [0.1, 0.15) is 5.60 Å². The molecule has 20 heavy (non-hydrogen) atoms. The molecular formula is C16H25NO3. The van der Waals surface area contributed by atoms with Gasteiger partial charge in [-0.15, -0.1) is 0 Å². The monoisotopic (exact) mass is 279 g/mol. The Labute approximate surface area is 121 Å². The highest BCUT2D eigenvalue weighted by Crippen LogP contribution is 2.10. The van der Waals surface area contributed by atoms with Crippen LogP contribution < -0.4 is 5.32 Å². The number of ether oxygens (including phenoxy) is 1. The zero-order valence-electron chi connectivity index (χ0n) is 12.7. The first-order valence-electron chi connectivity index (χ1n) is 6.99. The summed E-state index contributed by atoms with van der Waals surface area (Å²) in [6, 6.07) is 9.68. The molecule has 0 radical (unpaired) electrons. The van der Waals surface area contributed by atoms with E-state index >= 15 is 0 Å². The molecule has 1 aromatic rings. The van der Waals surface area contributed by atoms with Crippen LogP contribution in [0.4, 0.5) is 4.79 Å². The third kappa shape index (κ3) is 6.57. The van der Waals surface area contributed by atoms with Crippen LogP contribution in [0.15, 0.2) is 30.3 Å². The summed E-state index contributed by atoms with van der Waals surface area (Å²) in [4.78, 5) is 11.7. The maximum absolute atomic E-state index is 11.7. The summed E-state index contributed by atoms with van der Waals surface area (Å²) in [6.45, 7) is 7.11. The predicted molar refractivity (Wildman–Crippen MR) is 79.6 cm³/mol. The van der Waals surface area contributed by atoms with E-state index in [-0.39, 0.29) is 6.04 Å². The molecule has 1 unspecified atom stereocenters. The molecule has 0 spiro atoms. The molecule has 1 aromatic carbocycles. The summed E-state index contributed by atoms with van der Waals surface area (Å²) in [7, 11) is 0. The second-order valence-corrected chi connectivity index (χ2v) is 6.02. The molecule has 4 nitrogen and oxygen atoms in total. The summed E-state index contributed by atoms with van der Waals surface area (Å²) < 4.78 is 5.21. The van der Waals surface area contributed by atoms with Crippen LogP contribution in [0.2, 0.25) is 0 Å². The molecule has 0 heterocycles. The van der Waals surface area contributed by atoms with Gasteiger partial charge in [0.2, 0.25) is 0 Å². The Balaban J connectivity index is 2.51. The highest BCUT2D eigenvalue weighted by atomic mass is 16.6. The van der Waals surface area contributed by atoms with E-state index in [0.717, 1.165) is 6.42 Å². The van der Waals surface area contributed by atoms with Crippen LogP contribution in [0, 0.1) is 0 Å². The Kier molecular flexibility index (Phi) is 6.02. The van der Waals surface area contributed by atoms with Crippen LogP contribution >= 0.6 is 0 Å². The lowest BCUT2D eigenvalue weighted by Gasteiger charge is -2.25. The molecule has 1 rings (SSSR count). The van der Waals surface area contributed by atoms with E-state index in [1.807, 2.05) is 51.1 Å². The van der Waals surface area contributed by atoms with E-state index in [2.05, 4.69) is 5.32 Å². The van der Waals surface area contributed by atoms with Gasteiger partial charge in [-0.2, -0.15) is 0 Å². The lowest BCUT2D eigenvalue weighted by Crippen LogP contribution is -2.44. The molecule has 0 saturated carbocycles. The molecule has 0 fully saturated rings. The molecule has 0 aromatic heterocycles. The van der Waals surface area contributed by atoms with E-state index in [1.165, 1.54) is 5.56 Å². The Bertz CT molecular complexity index is 409. The molecule has 1 amide bonds. The molecule has 2 atom stereocenters. The van der Waals surface area contributed by atoms with E-state index in [9.17, 15) is 9.90 Å². The minimum absolute atomic E-state index is 0.315. The molecule has 0 saturated heterocycles. The molecule has 4 heteroatoms. The van der Waals surface area contributed by atoms with Crippen LogP contribution in [0.5, 0.6) is 0 Å². The fourth-order valence-corrected chi connectivity index (χ4v) is 1.86. The summed E-state index contributed by atoms with van der Waals surface area (Å²) in [5.41, 5.74) is 0.649. The van der Waals surface area contributed by atoms with Gasteiger partial charge < -0.3 is 15.2 Å². The van der Waals surface area contributed by atoms with Crippen molar-refractivity contribution in [3.63, 3.8) is 0 Å². The number of amides is 1. The van der Waals surface area contributed by atoms with Gasteiger partial charge in [-0.1, -0.05) is 30.3 Å². The number of aliphatic hydroxyl groups excluding tert-OH is 1. The van der Waals surface area contributed by atoms with Crippen molar-refractivity contribution < 1.29 is 14.6 Å². The van der Waals surface area contributed by atoms with Crippen molar-refractivity contribution >= 4 is 6.09 Å². The second-order valence-electron chi connectivity index (χ2n) is 6.02. The van der Waals surface area contributed by atoms with E-state index in [0.29, 0.717) is 6.42 Å². The highest BCUT2D eigenvalue weighted by Gasteiger charge is 2.22. The normalized spacial score (nSPS) is 14.4. The average molecular weight is 279 g/mol. The lowest BCUT2D eigenvalue weighted by molar-refractivity contribution is 0.0431. The lowest BCUT2D eigenvalue weighted by atomic mass is 10.0. The molecule has 2 N–H and O–H groups in total. The van der Waals surface area contributed by atoms with Gasteiger partial charge >= 0.3 is 6.09 Å². The van der Waals surface area contributed by atoms with Crippen LogP contribution in [0.1, 0.15) is 39.7 Å². The van der Waals surface area contributed by atoms with Gasteiger partial charge in [0.25, 0.3) is 0 Å². The highest BCUT2D eigenvalue weighted by molar-refractivity contribution is 5.68. The largest absolute Gasteiger partial charge is 0.444 e. The first-order valence-corrected chi connectivity index (χ1v) is 6.99. The van der Waals surface area contributed by atoms with Gasteiger partial charge in [0.15, 0.2) is 0 Å². The number of aryl methyl sites for hydroxylation is 1. The van der Waals surface area contributed by atoms with Crippen molar-refractivity contribution in [2.45, 2.75) is 58.3 Å². The van der Waals surface area contributed by atoms with Crippen LogP contribution in [-0.2, 0) is 11.2 Å². The minimum Gasteiger partial charge on any atom is -0.444 e. The molecule has 112 valence electrons. The first kappa shape index (κ1) is 16.5. The number of rotatable bonds is 5. The van der Waals surface area contributed by atoms with Gasteiger partial charge in [0.05, 0.1) is 12.1 Å². The number of nitrogens with one attached hydrogen (secondary N) is 1. The minimum atomic E-state index is -0.619. The third-order valence-corrected chi connectivity index (χ3v) is 2.87.